The molecule has 24 heavy (non-hydrogen) atoms. The molecule has 0 aliphatic heterocycles. The number of benzene rings is 1. The highest BCUT2D eigenvalue weighted by Crippen LogP contribution is 2.27. The quantitative estimate of drug-likeness (QED) is 0.419. The van der Waals surface area contributed by atoms with E-state index >= 15 is 0 Å². The van der Waals surface area contributed by atoms with Gasteiger partial charge in [0.25, 0.3) is 5.91 Å². The van der Waals surface area contributed by atoms with Crippen molar-refractivity contribution in [1.29, 1.82) is 0 Å². The van der Waals surface area contributed by atoms with Gasteiger partial charge >= 0.3 is 0 Å². The number of hydrazone groups is 1. The fourth-order valence-corrected chi connectivity index (χ4v) is 2.15. The van der Waals surface area contributed by atoms with Crippen LogP contribution in [0.1, 0.15) is 50.4 Å². The molecular weight excluding hydrogens is 304 g/mol. The van der Waals surface area contributed by atoms with E-state index in [2.05, 4.69) is 37.4 Å². The first-order valence-electron chi connectivity index (χ1n) is 8.15. The lowest BCUT2D eigenvalue weighted by molar-refractivity contribution is 0.0954. The molecule has 0 aliphatic rings. The Morgan fingerprint density at radius 2 is 1.96 bits per heavy atom. The van der Waals surface area contributed by atoms with Crippen molar-refractivity contribution >= 4 is 12.1 Å². The van der Waals surface area contributed by atoms with E-state index in [4.69, 9.17) is 9.47 Å². The van der Waals surface area contributed by atoms with E-state index in [9.17, 15) is 4.79 Å². The van der Waals surface area contributed by atoms with Gasteiger partial charge in [0.05, 0.1) is 14.2 Å². The Morgan fingerprint density at radius 1 is 1.25 bits per heavy atom. The summed E-state index contributed by atoms with van der Waals surface area (Å²) in [4.78, 5) is 12.1. The SMILES string of the molecule is COc1ccc(C(=O)N/N=C\C[C@H](C)CCC=C(C)C)cc1OC. The molecule has 0 radical (unpaired) electrons. The van der Waals surface area contributed by atoms with E-state index in [0.29, 0.717) is 23.0 Å². The third-order valence-electron chi connectivity index (χ3n) is 3.62. The fraction of sp³-hybridized carbons (Fsp3) is 0.474. The van der Waals surface area contributed by atoms with E-state index < -0.39 is 0 Å². The maximum atomic E-state index is 12.1. The number of amides is 1. The van der Waals surface area contributed by atoms with E-state index in [1.54, 1.807) is 31.5 Å². The monoisotopic (exact) mass is 332 g/mol. The second-order valence-corrected chi connectivity index (χ2v) is 6.02. The lowest BCUT2D eigenvalue weighted by Crippen LogP contribution is -2.17. The maximum Gasteiger partial charge on any atom is 0.271 e. The number of hydrogen-bond donors (Lipinski definition) is 1. The standard InChI is InChI=1S/C19H28N2O3/c1-14(2)7-6-8-15(3)11-12-20-21-19(22)16-9-10-17(23-4)18(13-16)24-5/h7,9-10,12-13,15H,6,8,11H2,1-5H3,(H,21,22)/b20-12-/t15-/m1/s1. The van der Waals surface area contributed by atoms with E-state index in [0.717, 1.165) is 19.3 Å². The van der Waals surface area contributed by atoms with Crippen molar-refractivity contribution in [3.05, 3.63) is 35.4 Å². The number of rotatable bonds is 9. The first-order chi connectivity index (χ1) is 11.5. The van der Waals surface area contributed by atoms with Gasteiger partial charge in [-0.05, 0) is 57.2 Å². The predicted molar refractivity (Wildman–Crippen MR) is 98.0 cm³/mol. The Bertz CT molecular complexity index is 590. The number of carbonyl (C=O) groups excluding carboxylic acids is 1. The third-order valence-corrected chi connectivity index (χ3v) is 3.62. The van der Waals surface area contributed by atoms with Gasteiger partial charge in [-0.3, -0.25) is 4.79 Å². The number of hydrogen-bond acceptors (Lipinski definition) is 4. The molecule has 1 N–H and O–H groups in total. The van der Waals surface area contributed by atoms with Crippen molar-refractivity contribution < 1.29 is 14.3 Å². The molecule has 0 saturated heterocycles. The molecular formula is C19H28N2O3. The Morgan fingerprint density at radius 3 is 2.58 bits per heavy atom. The minimum absolute atomic E-state index is 0.274. The smallest absolute Gasteiger partial charge is 0.271 e. The van der Waals surface area contributed by atoms with Crippen LogP contribution in [-0.2, 0) is 0 Å². The molecule has 1 aromatic rings. The second-order valence-electron chi connectivity index (χ2n) is 6.02. The average Bonchev–Trinajstić information content (AvgIpc) is 2.57. The van der Waals surface area contributed by atoms with Gasteiger partial charge in [-0.25, -0.2) is 5.43 Å². The van der Waals surface area contributed by atoms with Crippen molar-refractivity contribution in [3.8, 4) is 11.5 Å². The summed E-state index contributed by atoms with van der Waals surface area (Å²) >= 11 is 0. The summed E-state index contributed by atoms with van der Waals surface area (Å²) in [5.41, 5.74) is 4.36. The lowest BCUT2D eigenvalue weighted by Gasteiger charge is -2.09. The molecule has 132 valence electrons. The molecule has 1 amide bonds. The van der Waals surface area contributed by atoms with Gasteiger partial charge in [0, 0.05) is 11.8 Å². The number of nitrogens with one attached hydrogen (secondary N) is 1. The van der Waals surface area contributed by atoms with Gasteiger partial charge in [-0.15, -0.1) is 0 Å². The molecule has 1 atom stereocenters. The summed E-state index contributed by atoms with van der Waals surface area (Å²) in [6, 6.07) is 5.00. The van der Waals surface area contributed by atoms with Crippen LogP contribution in [-0.4, -0.2) is 26.3 Å². The number of allylic oxidation sites excluding steroid dienone is 2. The molecule has 0 aliphatic carbocycles. The van der Waals surface area contributed by atoms with Crippen LogP contribution >= 0.6 is 0 Å². The normalized spacial score (nSPS) is 11.9. The molecule has 1 rings (SSSR count). The van der Waals surface area contributed by atoms with Crippen LogP contribution in [0.4, 0.5) is 0 Å². The third kappa shape index (κ3) is 6.86. The average molecular weight is 332 g/mol. The second kappa shape index (κ2) is 10.5. The van der Waals surface area contributed by atoms with Gasteiger partial charge in [-0.1, -0.05) is 18.6 Å². The number of ether oxygens (including phenoxy) is 2. The fourth-order valence-electron chi connectivity index (χ4n) is 2.15. The lowest BCUT2D eigenvalue weighted by atomic mass is 10.0. The Labute approximate surface area is 144 Å². The van der Waals surface area contributed by atoms with Gasteiger partial charge in [0.1, 0.15) is 0 Å². The molecule has 0 unspecified atom stereocenters. The molecule has 0 spiro atoms. The summed E-state index contributed by atoms with van der Waals surface area (Å²) in [6.45, 7) is 6.40. The summed E-state index contributed by atoms with van der Waals surface area (Å²) in [7, 11) is 3.09. The van der Waals surface area contributed by atoms with E-state index in [1.165, 1.54) is 12.7 Å². The van der Waals surface area contributed by atoms with Crippen LogP contribution in [0.25, 0.3) is 0 Å². The summed E-state index contributed by atoms with van der Waals surface area (Å²) < 4.78 is 10.3. The van der Waals surface area contributed by atoms with Crippen LogP contribution in [0.5, 0.6) is 11.5 Å². The Hall–Kier alpha value is -2.30. The molecule has 0 aromatic heterocycles. The van der Waals surface area contributed by atoms with Crippen LogP contribution in [0.3, 0.4) is 0 Å². The first kappa shape index (κ1) is 19.7. The maximum absolute atomic E-state index is 12.1. The molecule has 5 nitrogen and oxygen atoms in total. The van der Waals surface area contributed by atoms with Crippen LogP contribution < -0.4 is 14.9 Å². The van der Waals surface area contributed by atoms with Crippen molar-refractivity contribution in [1.82, 2.24) is 5.43 Å². The zero-order chi connectivity index (χ0) is 17.9. The highest BCUT2D eigenvalue weighted by atomic mass is 16.5. The zero-order valence-electron chi connectivity index (χ0n) is 15.3. The summed E-state index contributed by atoms with van der Waals surface area (Å²) in [5.74, 6) is 1.36. The molecule has 5 heteroatoms. The highest BCUT2D eigenvalue weighted by molar-refractivity contribution is 5.95. The van der Waals surface area contributed by atoms with Crippen molar-refractivity contribution in [2.45, 2.75) is 40.0 Å². The van der Waals surface area contributed by atoms with E-state index in [1.807, 2.05) is 0 Å². The van der Waals surface area contributed by atoms with Crippen molar-refractivity contribution in [2.75, 3.05) is 14.2 Å². The molecule has 0 saturated carbocycles. The van der Waals surface area contributed by atoms with Crippen molar-refractivity contribution in [2.24, 2.45) is 11.0 Å². The van der Waals surface area contributed by atoms with Crippen LogP contribution in [0, 0.1) is 5.92 Å². The Balaban J connectivity index is 2.46. The number of methoxy groups -OCH3 is 2. The number of carbonyl (C=O) groups is 1. The number of nitrogens with zero attached hydrogens (tertiary/aromatic N) is 1. The zero-order valence-corrected chi connectivity index (χ0v) is 15.3. The summed E-state index contributed by atoms with van der Waals surface area (Å²) in [5, 5.41) is 4.02. The van der Waals surface area contributed by atoms with Crippen LogP contribution in [0.15, 0.2) is 34.9 Å². The minimum atomic E-state index is -0.274. The first-order valence-corrected chi connectivity index (χ1v) is 8.15. The Kier molecular flexibility index (Phi) is 8.61. The van der Waals surface area contributed by atoms with Gasteiger partial charge in [-0.2, -0.15) is 5.10 Å². The van der Waals surface area contributed by atoms with Gasteiger partial charge in [0.15, 0.2) is 11.5 Å². The topological polar surface area (TPSA) is 59.9 Å². The van der Waals surface area contributed by atoms with Gasteiger partial charge in [0.2, 0.25) is 0 Å². The molecule has 1 aromatic carbocycles. The van der Waals surface area contributed by atoms with E-state index in [-0.39, 0.29) is 5.91 Å². The van der Waals surface area contributed by atoms with Gasteiger partial charge < -0.3 is 9.47 Å². The molecule has 0 fully saturated rings. The predicted octanol–water partition coefficient (Wildman–Crippen LogP) is 4.19. The van der Waals surface area contributed by atoms with Crippen LogP contribution in [0.2, 0.25) is 0 Å². The largest absolute Gasteiger partial charge is 0.493 e. The molecule has 0 heterocycles. The van der Waals surface area contributed by atoms with Crippen molar-refractivity contribution in [3.63, 3.8) is 0 Å². The minimum Gasteiger partial charge on any atom is -0.493 e. The summed E-state index contributed by atoms with van der Waals surface area (Å²) in [6.07, 6.45) is 7.03. The molecule has 0 bridgehead atoms. The highest BCUT2D eigenvalue weighted by Gasteiger charge is 2.09.